The van der Waals surface area contributed by atoms with Crippen LogP contribution in [0.25, 0.3) is 0 Å². The average molecular weight is 330 g/mol. The minimum atomic E-state index is 0.0755. The Bertz CT molecular complexity index is 660. The first-order valence-electron chi connectivity index (χ1n) is 8.13. The zero-order valence-corrected chi connectivity index (χ0v) is 13.8. The zero-order chi connectivity index (χ0) is 16.8. The molecular formula is C17H22N4O3. The molecule has 1 aromatic carbocycles. The zero-order valence-electron chi connectivity index (χ0n) is 13.8. The number of hydrogen-bond donors (Lipinski definition) is 0. The van der Waals surface area contributed by atoms with Gasteiger partial charge in [0.15, 0.2) is 0 Å². The van der Waals surface area contributed by atoms with E-state index >= 15 is 0 Å². The number of amides is 1. The number of likely N-dealkylation sites (tertiary alicyclic amines) is 1. The number of carbonyl (C=O) groups excluding carboxylic acids is 1. The molecule has 7 heteroatoms. The topological polar surface area (TPSA) is 69.5 Å². The van der Waals surface area contributed by atoms with E-state index in [1.54, 1.807) is 24.2 Å². The molecule has 2 aromatic rings. The molecule has 0 bridgehead atoms. The van der Waals surface area contributed by atoms with E-state index in [2.05, 4.69) is 10.3 Å². The molecule has 1 aromatic heterocycles. The van der Waals surface area contributed by atoms with Crippen LogP contribution in [-0.2, 0) is 11.3 Å². The van der Waals surface area contributed by atoms with Crippen LogP contribution in [0.4, 0.5) is 0 Å². The predicted molar refractivity (Wildman–Crippen MR) is 87.8 cm³/mol. The first kappa shape index (κ1) is 16.3. The minimum Gasteiger partial charge on any atom is -0.497 e. The molecule has 1 aliphatic heterocycles. The first-order valence-corrected chi connectivity index (χ1v) is 8.13. The van der Waals surface area contributed by atoms with Gasteiger partial charge in [0.25, 0.3) is 0 Å². The highest BCUT2D eigenvalue weighted by Crippen LogP contribution is 2.22. The van der Waals surface area contributed by atoms with Crippen LogP contribution in [0.15, 0.2) is 36.7 Å². The summed E-state index contributed by atoms with van der Waals surface area (Å²) >= 11 is 0. The Hall–Kier alpha value is -2.57. The molecule has 3 rings (SSSR count). The van der Waals surface area contributed by atoms with Crippen molar-refractivity contribution in [3.8, 4) is 11.5 Å². The number of methoxy groups -OCH3 is 1. The lowest BCUT2D eigenvalue weighted by Crippen LogP contribution is -2.43. The summed E-state index contributed by atoms with van der Waals surface area (Å²) < 4.78 is 12.6. The van der Waals surface area contributed by atoms with Gasteiger partial charge in [-0.2, -0.15) is 0 Å². The standard InChI is InChI=1S/C17H22N4O3/c1-23-15-5-2-6-16(10-15)24-13-14-4-3-8-20(11-14)17(22)12-21-9-7-18-19-21/h2,5-7,9-10,14H,3-4,8,11-13H2,1H3. The van der Waals surface area contributed by atoms with Crippen molar-refractivity contribution in [2.45, 2.75) is 19.4 Å². The second-order valence-electron chi connectivity index (χ2n) is 5.94. The number of carbonyl (C=O) groups is 1. The number of benzene rings is 1. The minimum absolute atomic E-state index is 0.0755. The third-order valence-electron chi connectivity index (χ3n) is 4.17. The van der Waals surface area contributed by atoms with Crippen LogP contribution in [0, 0.1) is 5.92 Å². The fraction of sp³-hybridized carbons (Fsp3) is 0.471. The van der Waals surface area contributed by atoms with Gasteiger partial charge in [-0.3, -0.25) is 4.79 Å². The monoisotopic (exact) mass is 330 g/mol. The van der Waals surface area contributed by atoms with Crippen molar-refractivity contribution in [3.63, 3.8) is 0 Å². The first-order chi connectivity index (χ1) is 11.7. The van der Waals surface area contributed by atoms with E-state index in [0.29, 0.717) is 12.5 Å². The Labute approximate surface area is 141 Å². The summed E-state index contributed by atoms with van der Waals surface area (Å²) in [6.45, 7) is 2.35. The number of hydrogen-bond acceptors (Lipinski definition) is 5. The third kappa shape index (κ3) is 4.24. The van der Waals surface area contributed by atoms with E-state index in [9.17, 15) is 4.79 Å². The highest BCUT2D eigenvalue weighted by Gasteiger charge is 2.24. The normalized spacial score (nSPS) is 17.5. The van der Waals surface area contributed by atoms with Crippen LogP contribution in [-0.4, -0.2) is 52.6 Å². The molecule has 1 fully saturated rings. The smallest absolute Gasteiger partial charge is 0.244 e. The molecule has 0 N–H and O–H groups in total. The van der Waals surface area contributed by atoms with Gasteiger partial charge >= 0.3 is 0 Å². The van der Waals surface area contributed by atoms with E-state index in [1.807, 2.05) is 29.2 Å². The number of piperidine rings is 1. The summed E-state index contributed by atoms with van der Waals surface area (Å²) in [5, 5.41) is 7.57. The summed E-state index contributed by atoms with van der Waals surface area (Å²) in [4.78, 5) is 14.2. The molecule has 1 amide bonds. The van der Waals surface area contributed by atoms with Gasteiger partial charge in [0.05, 0.1) is 19.9 Å². The fourth-order valence-electron chi connectivity index (χ4n) is 2.89. The lowest BCUT2D eigenvalue weighted by Gasteiger charge is -2.32. The molecule has 0 saturated carbocycles. The van der Waals surface area contributed by atoms with Crippen molar-refractivity contribution in [2.24, 2.45) is 5.92 Å². The fourth-order valence-corrected chi connectivity index (χ4v) is 2.89. The highest BCUT2D eigenvalue weighted by atomic mass is 16.5. The molecule has 2 heterocycles. The maximum absolute atomic E-state index is 12.3. The molecule has 0 spiro atoms. The van der Waals surface area contributed by atoms with E-state index < -0.39 is 0 Å². The summed E-state index contributed by atoms with van der Waals surface area (Å²) in [7, 11) is 1.64. The van der Waals surface area contributed by atoms with Crippen LogP contribution in [0.3, 0.4) is 0 Å². The van der Waals surface area contributed by atoms with Gasteiger partial charge < -0.3 is 14.4 Å². The van der Waals surface area contributed by atoms with Crippen molar-refractivity contribution >= 4 is 5.91 Å². The molecule has 128 valence electrons. The molecule has 0 radical (unpaired) electrons. The van der Waals surface area contributed by atoms with Crippen molar-refractivity contribution in [1.82, 2.24) is 19.9 Å². The van der Waals surface area contributed by atoms with Gasteiger partial charge in [-0.25, -0.2) is 4.68 Å². The van der Waals surface area contributed by atoms with E-state index in [-0.39, 0.29) is 12.5 Å². The Balaban J connectivity index is 1.50. The van der Waals surface area contributed by atoms with Gasteiger partial charge in [-0.1, -0.05) is 11.3 Å². The Morgan fingerprint density at radius 1 is 1.38 bits per heavy atom. The molecule has 1 aliphatic rings. The molecule has 24 heavy (non-hydrogen) atoms. The molecule has 0 aliphatic carbocycles. The van der Waals surface area contributed by atoms with Gasteiger partial charge in [0.2, 0.25) is 5.91 Å². The number of aromatic nitrogens is 3. The van der Waals surface area contributed by atoms with Gasteiger partial charge in [0.1, 0.15) is 18.0 Å². The van der Waals surface area contributed by atoms with Crippen molar-refractivity contribution in [1.29, 1.82) is 0 Å². The lowest BCUT2D eigenvalue weighted by atomic mass is 9.99. The number of nitrogens with zero attached hydrogens (tertiary/aromatic N) is 4. The molecule has 1 unspecified atom stereocenters. The lowest BCUT2D eigenvalue weighted by molar-refractivity contribution is -0.134. The van der Waals surface area contributed by atoms with Crippen LogP contribution in [0.2, 0.25) is 0 Å². The summed E-state index contributed by atoms with van der Waals surface area (Å²) in [6.07, 6.45) is 5.34. The molecule has 7 nitrogen and oxygen atoms in total. The maximum atomic E-state index is 12.3. The van der Waals surface area contributed by atoms with Gasteiger partial charge in [-0.05, 0) is 25.0 Å². The van der Waals surface area contributed by atoms with E-state index in [4.69, 9.17) is 9.47 Å². The quantitative estimate of drug-likeness (QED) is 0.805. The predicted octanol–water partition coefficient (Wildman–Crippen LogP) is 1.60. The van der Waals surface area contributed by atoms with Crippen molar-refractivity contribution in [3.05, 3.63) is 36.7 Å². The Morgan fingerprint density at radius 2 is 2.25 bits per heavy atom. The van der Waals surface area contributed by atoms with E-state index in [1.165, 1.54) is 0 Å². The summed E-state index contributed by atoms with van der Waals surface area (Å²) in [5.41, 5.74) is 0. The summed E-state index contributed by atoms with van der Waals surface area (Å²) in [6, 6.07) is 7.58. The second kappa shape index (κ2) is 7.81. The summed E-state index contributed by atoms with van der Waals surface area (Å²) in [5.74, 6) is 1.98. The Morgan fingerprint density at radius 3 is 3.04 bits per heavy atom. The molecular weight excluding hydrogens is 308 g/mol. The van der Waals surface area contributed by atoms with Crippen molar-refractivity contribution in [2.75, 3.05) is 26.8 Å². The largest absolute Gasteiger partial charge is 0.497 e. The number of ether oxygens (including phenoxy) is 2. The van der Waals surface area contributed by atoms with Gasteiger partial charge in [0, 0.05) is 31.3 Å². The van der Waals surface area contributed by atoms with Crippen LogP contribution >= 0.6 is 0 Å². The Kier molecular flexibility index (Phi) is 5.30. The second-order valence-corrected chi connectivity index (χ2v) is 5.94. The van der Waals surface area contributed by atoms with E-state index in [0.717, 1.165) is 37.4 Å². The molecule has 1 atom stereocenters. The van der Waals surface area contributed by atoms with Crippen molar-refractivity contribution < 1.29 is 14.3 Å². The SMILES string of the molecule is COc1cccc(OCC2CCCN(C(=O)Cn3ccnn3)C2)c1. The third-order valence-corrected chi connectivity index (χ3v) is 4.17. The van der Waals surface area contributed by atoms with Crippen LogP contribution in [0.5, 0.6) is 11.5 Å². The van der Waals surface area contributed by atoms with Crippen LogP contribution < -0.4 is 9.47 Å². The van der Waals surface area contributed by atoms with Crippen LogP contribution in [0.1, 0.15) is 12.8 Å². The number of rotatable bonds is 6. The highest BCUT2D eigenvalue weighted by molar-refractivity contribution is 5.76. The average Bonchev–Trinajstić information content (AvgIpc) is 3.13. The molecule has 1 saturated heterocycles. The maximum Gasteiger partial charge on any atom is 0.244 e. The van der Waals surface area contributed by atoms with Gasteiger partial charge in [-0.15, -0.1) is 5.10 Å².